The second-order valence-corrected chi connectivity index (χ2v) is 4.83. The minimum atomic E-state index is -0.754. The molecule has 1 N–H and O–H groups in total. The molecule has 128 valence electrons. The van der Waals surface area contributed by atoms with E-state index in [0.29, 0.717) is 5.52 Å². The fourth-order valence-electron chi connectivity index (χ4n) is 2.08. The Bertz CT molecular complexity index is 868. The zero-order chi connectivity index (χ0) is 18.2. The van der Waals surface area contributed by atoms with Gasteiger partial charge < -0.3 is 14.8 Å². The van der Waals surface area contributed by atoms with E-state index in [2.05, 4.69) is 10.3 Å². The molecule has 0 unspecified atom stereocenters. The molecule has 0 radical (unpaired) electrons. The highest BCUT2D eigenvalue weighted by Gasteiger charge is 2.16. The molecule has 0 saturated heterocycles. The Morgan fingerprint density at radius 1 is 1.24 bits per heavy atom. The molecule has 0 aliphatic carbocycles. The monoisotopic (exact) mass is 339 g/mol. The Kier molecular flexibility index (Phi) is 6.07. The van der Waals surface area contributed by atoms with Crippen molar-refractivity contribution < 1.29 is 19.1 Å². The van der Waals surface area contributed by atoms with Crippen molar-refractivity contribution in [3.8, 4) is 6.07 Å². The van der Waals surface area contributed by atoms with Crippen LogP contribution in [0.1, 0.15) is 24.2 Å². The summed E-state index contributed by atoms with van der Waals surface area (Å²) in [6, 6.07) is 10.7. The molecular weight excluding hydrogens is 322 g/mol. The summed E-state index contributed by atoms with van der Waals surface area (Å²) in [7, 11) is 0. The van der Waals surface area contributed by atoms with E-state index >= 15 is 0 Å². The van der Waals surface area contributed by atoms with Crippen LogP contribution in [0.4, 0.5) is 5.82 Å². The number of para-hydroxylation sites is 1. The summed E-state index contributed by atoms with van der Waals surface area (Å²) < 4.78 is 9.83. The second kappa shape index (κ2) is 8.45. The smallest absolute Gasteiger partial charge is 0.350 e. The van der Waals surface area contributed by atoms with E-state index in [1.807, 2.05) is 18.2 Å². The van der Waals surface area contributed by atoms with Gasteiger partial charge in [-0.1, -0.05) is 18.2 Å². The van der Waals surface area contributed by atoms with Crippen molar-refractivity contribution in [2.24, 2.45) is 0 Å². The van der Waals surface area contributed by atoms with Crippen molar-refractivity contribution >= 4 is 28.7 Å². The lowest BCUT2D eigenvalue weighted by Crippen LogP contribution is -2.11. The molecule has 0 fully saturated rings. The number of hydrogen-bond acceptors (Lipinski definition) is 7. The van der Waals surface area contributed by atoms with Gasteiger partial charge in [0, 0.05) is 11.6 Å². The number of benzene rings is 1. The van der Waals surface area contributed by atoms with Crippen LogP contribution in [0.3, 0.4) is 0 Å². The highest BCUT2D eigenvalue weighted by molar-refractivity contribution is 5.99. The average Bonchev–Trinajstić information content (AvgIpc) is 2.62. The number of anilines is 1. The van der Waals surface area contributed by atoms with Crippen LogP contribution < -0.4 is 5.32 Å². The van der Waals surface area contributed by atoms with Crippen LogP contribution in [0.2, 0.25) is 0 Å². The quantitative estimate of drug-likeness (QED) is 0.490. The van der Waals surface area contributed by atoms with E-state index < -0.39 is 11.9 Å². The van der Waals surface area contributed by atoms with Crippen LogP contribution in [0, 0.1) is 11.3 Å². The summed E-state index contributed by atoms with van der Waals surface area (Å²) in [5, 5.41) is 12.6. The molecule has 0 saturated carbocycles. The predicted octanol–water partition coefficient (Wildman–Crippen LogP) is 2.79. The fourth-order valence-corrected chi connectivity index (χ4v) is 2.08. The molecule has 2 rings (SSSR count). The Morgan fingerprint density at radius 3 is 2.64 bits per heavy atom. The lowest BCUT2D eigenvalue weighted by atomic mass is 10.1. The topological polar surface area (TPSA) is 101 Å². The molecule has 0 aliphatic heterocycles. The largest absolute Gasteiger partial charge is 0.462 e. The first-order valence-corrected chi connectivity index (χ1v) is 7.71. The lowest BCUT2D eigenvalue weighted by Gasteiger charge is -2.10. The fraction of sp³-hybridized carbons (Fsp3) is 0.222. The number of pyridine rings is 1. The van der Waals surface area contributed by atoms with Crippen molar-refractivity contribution in [1.82, 2.24) is 4.98 Å². The molecule has 7 heteroatoms. The Labute approximate surface area is 144 Å². The molecule has 1 aromatic heterocycles. The molecule has 0 bridgehead atoms. The van der Waals surface area contributed by atoms with Crippen LogP contribution in [0.15, 0.2) is 42.1 Å². The van der Waals surface area contributed by atoms with Crippen molar-refractivity contribution in [2.75, 3.05) is 18.5 Å². The van der Waals surface area contributed by atoms with Crippen molar-refractivity contribution in [3.05, 3.63) is 47.7 Å². The molecule has 2 aromatic rings. The van der Waals surface area contributed by atoms with Gasteiger partial charge in [0.15, 0.2) is 5.57 Å². The molecule has 0 amide bonds. The lowest BCUT2D eigenvalue weighted by molar-refractivity contribution is -0.138. The molecule has 25 heavy (non-hydrogen) atoms. The maximum atomic E-state index is 12.2. The third-order valence-corrected chi connectivity index (χ3v) is 3.19. The molecule has 0 atom stereocenters. The maximum Gasteiger partial charge on any atom is 0.350 e. The number of ether oxygens (including phenoxy) is 2. The van der Waals surface area contributed by atoms with Gasteiger partial charge >= 0.3 is 11.9 Å². The Morgan fingerprint density at radius 2 is 1.96 bits per heavy atom. The third kappa shape index (κ3) is 4.32. The number of hydrogen-bond donors (Lipinski definition) is 1. The van der Waals surface area contributed by atoms with E-state index in [1.54, 1.807) is 32.0 Å². The van der Waals surface area contributed by atoms with Crippen molar-refractivity contribution in [1.29, 1.82) is 5.26 Å². The second-order valence-electron chi connectivity index (χ2n) is 4.83. The van der Waals surface area contributed by atoms with Gasteiger partial charge in [-0.15, -0.1) is 0 Å². The molecule has 1 heterocycles. The normalized spacial score (nSPS) is 10.8. The number of carbonyl (C=O) groups is 2. The number of nitrogens with one attached hydrogen (secondary N) is 1. The Balaban J connectivity index is 2.44. The number of esters is 2. The minimum absolute atomic E-state index is 0.153. The van der Waals surface area contributed by atoms with Crippen LogP contribution in [-0.2, 0) is 14.3 Å². The highest BCUT2D eigenvalue weighted by atomic mass is 16.5. The zero-order valence-electron chi connectivity index (χ0n) is 13.9. The van der Waals surface area contributed by atoms with Gasteiger partial charge in [0.25, 0.3) is 0 Å². The number of aromatic nitrogens is 1. The van der Waals surface area contributed by atoms with Gasteiger partial charge in [0.2, 0.25) is 0 Å². The van der Waals surface area contributed by atoms with Gasteiger partial charge in [0.05, 0.1) is 18.7 Å². The third-order valence-electron chi connectivity index (χ3n) is 3.19. The zero-order valence-corrected chi connectivity index (χ0v) is 13.9. The first kappa shape index (κ1) is 17.9. The number of nitriles is 1. The standard InChI is InChI=1S/C18H17N3O4/c1-3-24-17(22)13(10-19)11-20-16-14(18(23)25-4-2)9-12-7-5-6-8-15(12)21-16/h5-9,11H,3-4H2,1-2H3,(H,20,21)/b13-11-. The number of rotatable bonds is 6. The maximum absolute atomic E-state index is 12.2. The van der Waals surface area contributed by atoms with Crippen LogP contribution in [-0.4, -0.2) is 30.1 Å². The first-order valence-electron chi connectivity index (χ1n) is 7.71. The number of fused-ring (bicyclic) bond motifs is 1. The average molecular weight is 339 g/mol. The minimum Gasteiger partial charge on any atom is -0.462 e. The van der Waals surface area contributed by atoms with Gasteiger partial charge in [-0.25, -0.2) is 14.6 Å². The van der Waals surface area contributed by atoms with Crippen molar-refractivity contribution in [2.45, 2.75) is 13.8 Å². The molecule has 7 nitrogen and oxygen atoms in total. The molecule has 0 aliphatic rings. The first-order chi connectivity index (χ1) is 12.1. The SMILES string of the molecule is CCOC(=O)/C(C#N)=C\Nc1nc2ccccc2cc1C(=O)OCC. The van der Waals surface area contributed by atoms with E-state index in [4.69, 9.17) is 14.7 Å². The predicted molar refractivity (Wildman–Crippen MR) is 91.7 cm³/mol. The van der Waals surface area contributed by atoms with E-state index in [0.717, 1.165) is 11.6 Å². The van der Waals surface area contributed by atoms with Gasteiger partial charge in [-0.2, -0.15) is 5.26 Å². The van der Waals surface area contributed by atoms with E-state index in [-0.39, 0.29) is 30.2 Å². The van der Waals surface area contributed by atoms with Gasteiger partial charge in [0.1, 0.15) is 17.5 Å². The summed E-state index contributed by atoms with van der Waals surface area (Å²) >= 11 is 0. The summed E-state index contributed by atoms with van der Waals surface area (Å²) in [6.45, 7) is 3.71. The highest BCUT2D eigenvalue weighted by Crippen LogP contribution is 2.21. The van der Waals surface area contributed by atoms with E-state index in [9.17, 15) is 9.59 Å². The number of nitrogens with zero attached hydrogens (tertiary/aromatic N) is 2. The number of carbonyl (C=O) groups excluding carboxylic acids is 2. The molecular formula is C18H17N3O4. The molecule has 1 aromatic carbocycles. The summed E-state index contributed by atoms with van der Waals surface area (Å²) in [6.07, 6.45) is 1.16. The summed E-state index contributed by atoms with van der Waals surface area (Å²) in [5.74, 6) is -1.11. The van der Waals surface area contributed by atoms with Gasteiger partial charge in [-0.3, -0.25) is 0 Å². The van der Waals surface area contributed by atoms with Gasteiger partial charge in [-0.05, 0) is 26.0 Å². The summed E-state index contributed by atoms with van der Waals surface area (Å²) in [4.78, 5) is 28.2. The van der Waals surface area contributed by atoms with Crippen molar-refractivity contribution in [3.63, 3.8) is 0 Å². The van der Waals surface area contributed by atoms with Crippen LogP contribution in [0.5, 0.6) is 0 Å². The van der Waals surface area contributed by atoms with Crippen LogP contribution in [0.25, 0.3) is 10.9 Å². The Hall–Kier alpha value is -3.40. The summed E-state index contributed by atoms with van der Waals surface area (Å²) in [5.41, 5.74) is 0.630. The van der Waals surface area contributed by atoms with E-state index in [1.165, 1.54) is 0 Å². The molecule has 0 spiro atoms. The van der Waals surface area contributed by atoms with Crippen LogP contribution >= 0.6 is 0 Å².